The monoisotopic (exact) mass is 1750 g/mol. The molecule has 0 unspecified atom stereocenters. The first-order chi connectivity index (χ1) is 66.6. The molecule has 0 saturated heterocycles. The van der Waals surface area contributed by atoms with Gasteiger partial charge in [-0.05, 0) is 250 Å². The van der Waals surface area contributed by atoms with E-state index in [4.69, 9.17) is 0 Å². The second-order valence-corrected chi connectivity index (χ2v) is 32.3. The Labute approximate surface area is 804 Å². The van der Waals surface area contributed by atoms with E-state index in [0.29, 0.717) is 0 Å². The minimum Gasteiger partial charge on any atom is -0.310 e. The molecular formula is C129H120B2N4. The standard InChI is InChI=1S/C64H40N2.C50H34N2.6C2H6.2CH3B.CH4/c1-3-17-39(18-4-1)57-61-47-27-15-25-45-56(66-53-31-13-9-23-43(53)38-44-24-10-14-32-54(44)66)36-34-50(59(45)47)64(61)58(40-19-5-2-6-20-40)62-48-28-16-26-46-55(35-33-49(60(46)48)63(57)62)65-51-29-11-7-21-41(51)37-42-22-8-12-30-52(42)65;1-9-21-47-33(13-1)29-34-14-2-10-22-48(34)51(47)37-25-27-43-40-18-6-8-20-42(40)46-32-38(26-28-44(46)39-17-5-7-19-41(39)45(43)31-37)52-49-23-11-3-15-35(49)30-36-16-4-12-24-50(36)52;8*1-2;/h1-36H,37-38H2;1-28,31-32H,29-30H2;6*1-2H3;2*1H3;1H4. The molecule has 6 heteroatoms. The Kier molecular flexibility index (Phi) is 28.9. The fraction of sp³-hybridized carbons (Fsp3) is 0.147. The van der Waals surface area contributed by atoms with Crippen molar-refractivity contribution >= 4 is 149 Å². The highest BCUT2D eigenvalue weighted by Gasteiger charge is 2.35. The number of fused-ring (bicyclic) bond motifs is 22. The summed E-state index contributed by atoms with van der Waals surface area (Å²) in [7, 11) is 9.00. The molecule has 21 aromatic rings. The highest BCUT2D eigenvalue weighted by Crippen LogP contribution is 2.61. The molecule has 4 nitrogen and oxygen atoms in total. The summed E-state index contributed by atoms with van der Waals surface area (Å²) in [6.45, 7) is 27.0. The van der Waals surface area contributed by atoms with Crippen molar-refractivity contribution in [3.8, 4) is 66.8 Å². The number of anilines is 12. The van der Waals surface area contributed by atoms with E-state index < -0.39 is 0 Å². The van der Waals surface area contributed by atoms with Crippen LogP contribution >= 0.6 is 0 Å². The first-order valence-electron chi connectivity index (χ1n) is 48.5. The lowest BCUT2D eigenvalue weighted by Gasteiger charge is -2.35. The molecule has 21 aromatic carbocycles. The Morgan fingerprint density at radius 1 is 0.163 bits per heavy atom. The van der Waals surface area contributed by atoms with Crippen LogP contribution in [0.3, 0.4) is 0 Å². The maximum atomic E-state index is 4.50. The van der Waals surface area contributed by atoms with Gasteiger partial charge in [-0.1, -0.05) is 420 Å². The van der Waals surface area contributed by atoms with Gasteiger partial charge >= 0.3 is 0 Å². The molecule has 0 spiro atoms. The van der Waals surface area contributed by atoms with Crippen molar-refractivity contribution in [3.63, 3.8) is 0 Å². The number of benzene rings is 19. The van der Waals surface area contributed by atoms with Gasteiger partial charge in [-0.25, -0.2) is 0 Å². The predicted molar refractivity (Wildman–Crippen MR) is 594 cm³/mol. The third kappa shape index (κ3) is 16.0. The summed E-state index contributed by atoms with van der Waals surface area (Å²) in [5, 5.41) is 15.6. The van der Waals surface area contributed by atoms with Gasteiger partial charge in [0.05, 0.1) is 27.1 Å². The number of nitrogens with zero attached hydrogens (tertiary/aromatic N) is 4. The third-order valence-electron chi connectivity index (χ3n) is 26.1. The van der Waals surface area contributed by atoms with Gasteiger partial charge in [-0.2, -0.15) is 0 Å². The van der Waals surface area contributed by atoms with E-state index in [0.717, 1.165) is 25.7 Å². The fourth-order valence-corrected chi connectivity index (χ4v) is 21.2. The van der Waals surface area contributed by atoms with E-state index in [1.54, 1.807) is 0 Å². The summed E-state index contributed by atoms with van der Waals surface area (Å²) in [5.74, 6) is 0. The van der Waals surface area contributed by atoms with Crippen LogP contribution in [0.25, 0.3) is 131 Å². The van der Waals surface area contributed by atoms with Crippen LogP contribution in [-0.2, 0) is 25.7 Å². The second kappa shape index (κ2) is 41.9. The number of rotatable bonds is 6. The Morgan fingerprint density at radius 2 is 0.370 bits per heavy atom. The molecule has 0 fully saturated rings. The summed E-state index contributed by atoms with van der Waals surface area (Å²) in [5.41, 5.74) is 40.6. The molecule has 4 aliphatic heterocycles. The van der Waals surface area contributed by atoms with Crippen LogP contribution in [-0.4, -0.2) is 15.7 Å². The molecule has 1 aliphatic carbocycles. The van der Waals surface area contributed by atoms with E-state index in [2.05, 4.69) is 436 Å². The van der Waals surface area contributed by atoms with Gasteiger partial charge in [0.25, 0.3) is 0 Å². The lowest BCUT2D eigenvalue weighted by molar-refractivity contribution is 1.09. The Hall–Kier alpha value is -15.0. The summed E-state index contributed by atoms with van der Waals surface area (Å²) in [4.78, 5) is 9.94. The van der Waals surface area contributed by atoms with Crippen molar-refractivity contribution in [2.24, 2.45) is 0 Å². The maximum Gasteiger partial charge on any atom is 0.0606 e. The zero-order valence-electron chi connectivity index (χ0n) is 79.9. The average Bonchev–Trinajstić information content (AvgIpc) is 1.51. The zero-order chi connectivity index (χ0) is 93.2. The van der Waals surface area contributed by atoms with Crippen molar-refractivity contribution in [1.82, 2.24) is 0 Å². The minimum absolute atomic E-state index is 0. The second-order valence-electron chi connectivity index (χ2n) is 32.3. The van der Waals surface area contributed by atoms with E-state index in [1.165, 1.54) is 258 Å². The molecule has 26 rings (SSSR count). The average molecular weight is 1750 g/mol. The van der Waals surface area contributed by atoms with Crippen molar-refractivity contribution in [3.05, 3.63) is 445 Å². The molecule has 662 valence electrons. The van der Waals surface area contributed by atoms with E-state index in [1.807, 2.05) is 83.1 Å². The normalized spacial score (nSPS) is 11.9. The van der Waals surface area contributed by atoms with Crippen LogP contribution in [0.4, 0.5) is 68.2 Å². The SMILES string of the molecule is C.CC.CC.CC.CC.CC.CC.[B]C.[B]C.c1ccc(-c2c3c4cccc5c(N6c7ccccc7Cc7ccccc76)ccc(c3c(-c3ccccc3)c3c6cccc7c(N8c9ccccc9Cc9ccccc98)ccc(c23)c76)c54)cc1.c1ccc2c(c1)Cc1ccccc1N2c1ccc2c(c1)-c1ccccc1-c1ccc(N3c4ccccc4Cc4ccccc43)cc1-c1ccccc1-2. The number of hydrogen-bond acceptors (Lipinski definition) is 4. The minimum atomic E-state index is 0. The lowest BCUT2D eigenvalue weighted by Crippen LogP contribution is -2.18. The van der Waals surface area contributed by atoms with E-state index in [9.17, 15) is 0 Å². The van der Waals surface area contributed by atoms with E-state index in [-0.39, 0.29) is 7.43 Å². The first kappa shape index (κ1) is 93.3. The van der Waals surface area contributed by atoms with Crippen molar-refractivity contribution in [2.45, 2.75) is 130 Å². The summed E-state index contributed by atoms with van der Waals surface area (Å²) < 4.78 is 0. The Morgan fingerprint density at radius 3 is 0.637 bits per heavy atom. The van der Waals surface area contributed by atoms with Gasteiger partial charge in [-0.15, -0.1) is 0 Å². The number of hydrogen-bond donors (Lipinski definition) is 0. The summed E-state index contributed by atoms with van der Waals surface area (Å²) >= 11 is 0. The lowest BCUT2D eigenvalue weighted by atomic mass is 9.80. The molecule has 0 atom stereocenters. The van der Waals surface area contributed by atoms with Crippen molar-refractivity contribution < 1.29 is 0 Å². The Bertz CT molecular complexity index is 7050. The van der Waals surface area contributed by atoms with Crippen LogP contribution in [0.2, 0.25) is 13.6 Å². The van der Waals surface area contributed by atoms with Crippen LogP contribution in [0, 0.1) is 0 Å². The summed E-state index contributed by atoms with van der Waals surface area (Å²) in [6, 6.07) is 149. The van der Waals surface area contributed by atoms with Gasteiger partial charge in [0, 0.05) is 93.3 Å². The fourth-order valence-electron chi connectivity index (χ4n) is 21.2. The zero-order valence-corrected chi connectivity index (χ0v) is 79.9. The molecule has 4 radical (unpaired) electrons. The molecule has 0 bridgehead atoms. The predicted octanol–water partition coefficient (Wildman–Crippen LogP) is 38.2. The first-order valence-corrected chi connectivity index (χ1v) is 48.5. The molecule has 0 saturated carbocycles. The van der Waals surface area contributed by atoms with Crippen LogP contribution < -0.4 is 19.6 Å². The van der Waals surface area contributed by atoms with E-state index >= 15 is 0 Å². The van der Waals surface area contributed by atoms with Gasteiger partial charge in [-0.3, -0.25) is 0 Å². The molecular weight excluding hydrogens is 1630 g/mol. The Balaban J connectivity index is 0.000000174. The molecule has 135 heavy (non-hydrogen) atoms. The van der Waals surface area contributed by atoms with Gasteiger partial charge in [0.1, 0.15) is 0 Å². The molecule has 5 aliphatic rings. The van der Waals surface area contributed by atoms with Gasteiger partial charge in [0.15, 0.2) is 0 Å². The highest BCUT2D eigenvalue weighted by molar-refractivity contribution is 6.47. The largest absolute Gasteiger partial charge is 0.310 e. The molecule has 0 amide bonds. The maximum absolute atomic E-state index is 4.50. The topological polar surface area (TPSA) is 13.0 Å². The van der Waals surface area contributed by atoms with Gasteiger partial charge < -0.3 is 19.6 Å². The smallest absolute Gasteiger partial charge is 0.0606 e. The molecule has 0 N–H and O–H groups in total. The van der Waals surface area contributed by atoms with Crippen LogP contribution in [0.1, 0.15) is 135 Å². The number of para-hydroxylation sites is 8. The van der Waals surface area contributed by atoms with Crippen LogP contribution in [0.15, 0.2) is 400 Å². The van der Waals surface area contributed by atoms with Crippen molar-refractivity contribution in [1.29, 1.82) is 0 Å². The third-order valence-corrected chi connectivity index (χ3v) is 26.1. The quantitative estimate of drug-likeness (QED) is 0.154. The molecule has 4 heterocycles. The molecule has 0 aromatic heterocycles. The van der Waals surface area contributed by atoms with Crippen LogP contribution in [0.5, 0.6) is 0 Å². The summed E-state index contributed by atoms with van der Waals surface area (Å²) in [6.07, 6.45) is 3.74. The van der Waals surface area contributed by atoms with Gasteiger partial charge in [0.2, 0.25) is 0 Å². The highest BCUT2D eigenvalue weighted by atomic mass is 15.2. The van der Waals surface area contributed by atoms with Crippen molar-refractivity contribution in [2.75, 3.05) is 19.6 Å².